The second-order valence-corrected chi connectivity index (χ2v) is 7.33. The molecular weight excluding hydrogens is 326 g/mol. The van der Waals surface area contributed by atoms with E-state index >= 15 is 0 Å². The number of H-pyrrole nitrogens is 1. The summed E-state index contributed by atoms with van der Waals surface area (Å²) in [6.45, 7) is 1.98. The van der Waals surface area contributed by atoms with Crippen molar-refractivity contribution >= 4 is 22.6 Å². The predicted molar refractivity (Wildman–Crippen MR) is 103 cm³/mol. The maximum atomic E-state index is 12.7. The Morgan fingerprint density at radius 2 is 2.19 bits per heavy atom. The molecule has 134 valence electrons. The standard InChI is InChI=1S/C20H23N5O/c1-20(21)10-4-2-6-14(20)19(26)23-13-8-9-15-17(12-13)25-18(24-15)16-7-3-5-11-22-16/h3,5,7-9,11-12,14H,2,4,6,10,21H2,1H3,(H,23,26)(H,24,25). The molecule has 0 radical (unpaired) electrons. The highest BCUT2D eigenvalue weighted by Crippen LogP contribution is 2.32. The van der Waals surface area contributed by atoms with Crippen molar-refractivity contribution in [3.8, 4) is 11.5 Å². The molecule has 1 aromatic carbocycles. The van der Waals surface area contributed by atoms with Crippen LogP contribution in [0.4, 0.5) is 5.69 Å². The molecule has 1 aliphatic carbocycles. The fourth-order valence-corrected chi connectivity index (χ4v) is 3.73. The first-order chi connectivity index (χ1) is 12.5. The van der Waals surface area contributed by atoms with Crippen molar-refractivity contribution in [2.45, 2.75) is 38.1 Å². The Morgan fingerprint density at radius 3 is 2.96 bits per heavy atom. The van der Waals surface area contributed by atoms with Gasteiger partial charge in [-0.15, -0.1) is 0 Å². The molecule has 2 unspecified atom stereocenters. The number of hydrogen-bond acceptors (Lipinski definition) is 4. The van der Waals surface area contributed by atoms with Crippen LogP contribution in [-0.4, -0.2) is 26.4 Å². The van der Waals surface area contributed by atoms with Crippen molar-refractivity contribution in [1.82, 2.24) is 15.0 Å². The van der Waals surface area contributed by atoms with Gasteiger partial charge in [-0.25, -0.2) is 4.98 Å². The molecule has 6 nitrogen and oxygen atoms in total. The second kappa shape index (κ2) is 6.53. The van der Waals surface area contributed by atoms with Gasteiger partial charge >= 0.3 is 0 Å². The van der Waals surface area contributed by atoms with Crippen LogP contribution in [0, 0.1) is 5.92 Å². The summed E-state index contributed by atoms with van der Waals surface area (Å²) >= 11 is 0. The van der Waals surface area contributed by atoms with Crippen LogP contribution < -0.4 is 11.1 Å². The number of imidazole rings is 1. The molecule has 3 aromatic rings. The van der Waals surface area contributed by atoms with Crippen molar-refractivity contribution in [2.75, 3.05) is 5.32 Å². The van der Waals surface area contributed by atoms with Crippen LogP contribution in [0.15, 0.2) is 42.6 Å². The molecule has 1 saturated carbocycles. The zero-order valence-electron chi connectivity index (χ0n) is 14.8. The molecule has 4 N–H and O–H groups in total. The van der Waals surface area contributed by atoms with Crippen LogP contribution in [0.25, 0.3) is 22.6 Å². The summed E-state index contributed by atoms with van der Waals surface area (Å²) in [6.07, 6.45) is 5.61. The van der Waals surface area contributed by atoms with Gasteiger partial charge in [0.05, 0.1) is 17.0 Å². The Bertz CT molecular complexity index is 932. The van der Waals surface area contributed by atoms with E-state index in [-0.39, 0.29) is 11.8 Å². The fourth-order valence-electron chi connectivity index (χ4n) is 3.73. The van der Waals surface area contributed by atoms with Gasteiger partial charge in [-0.3, -0.25) is 9.78 Å². The summed E-state index contributed by atoms with van der Waals surface area (Å²) in [5, 5.41) is 3.03. The lowest BCUT2D eigenvalue weighted by Gasteiger charge is -2.37. The van der Waals surface area contributed by atoms with E-state index in [2.05, 4.69) is 20.3 Å². The highest BCUT2D eigenvalue weighted by Gasteiger charge is 2.37. The number of aromatic nitrogens is 3. The summed E-state index contributed by atoms with van der Waals surface area (Å²) in [4.78, 5) is 24.9. The Kier molecular flexibility index (Phi) is 4.20. The first kappa shape index (κ1) is 16.7. The van der Waals surface area contributed by atoms with E-state index < -0.39 is 5.54 Å². The van der Waals surface area contributed by atoms with Crippen molar-refractivity contribution in [1.29, 1.82) is 0 Å². The third kappa shape index (κ3) is 3.20. The number of carbonyl (C=O) groups excluding carboxylic acids is 1. The van der Waals surface area contributed by atoms with Gasteiger partial charge in [0.1, 0.15) is 5.69 Å². The van der Waals surface area contributed by atoms with Gasteiger partial charge < -0.3 is 16.0 Å². The van der Waals surface area contributed by atoms with Crippen molar-refractivity contribution in [3.05, 3.63) is 42.6 Å². The van der Waals surface area contributed by atoms with Crippen molar-refractivity contribution in [3.63, 3.8) is 0 Å². The van der Waals surface area contributed by atoms with Crippen LogP contribution in [0.2, 0.25) is 0 Å². The van der Waals surface area contributed by atoms with Gasteiger partial charge in [-0.2, -0.15) is 0 Å². The summed E-state index contributed by atoms with van der Waals surface area (Å²) in [5.74, 6) is 0.558. The summed E-state index contributed by atoms with van der Waals surface area (Å²) in [6, 6.07) is 11.4. The van der Waals surface area contributed by atoms with Crippen LogP contribution >= 0.6 is 0 Å². The molecule has 2 heterocycles. The van der Waals surface area contributed by atoms with E-state index in [0.717, 1.165) is 48.1 Å². The van der Waals surface area contributed by atoms with Gasteiger partial charge in [0, 0.05) is 17.4 Å². The van der Waals surface area contributed by atoms with E-state index in [0.29, 0.717) is 5.82 Å². The monoisotopic (exact) mass is 349 g/mol. The van der Waals surface area contributed by atoms with E-state index in [4.69, 9.17) is 5.73 Å². The lowest BCUT2D eigenvalue weighted by atomic mass is 9.74. The molecule has 2 aromatic heterocycles. The van der Waals surface area contributed by atoms with Crippen LogP contribution in [0.3, 0.4) is 0 Å². The SMILES string of the molecule is CC1(N)CCCCC1C(=O)Nc1ccc2nc(-c3ccccn3)[nH]c2c1. The number of anilines is 1. The number of aromatic amines is 1. The molecule has 0 bridgehead atoms. The fraction of sp³-hybridized carbons (Fsp3) is 0.350. The number of rotatable bonds is 3. The minimum Gasteiger partial charge on any atom is -0.337 e. The number of hydrogen-bond donors (Lipinski definition) is 3. The summed E-state index contributed by atoms with van der Waals surface area (Å²) in [7, 11) is 0. The van der Waals surface area contributed by atoms with Crippen molar-refractivity contribution in [2.24, 2.45) is 11.7 Å². The van der Waals surface area contributed by atoms with Crippen LogP contribution in [0.5, 0.6) is 0 Å². The molecule has 1 aliphatic rings. The smallest absolute Gasteiger partial charge is 0.229 e. The summed E-state index contributed by atoms with van der Waals surface area (Å²) in [5.41, 5.74) is 9.15. The van der Waals surface area contributed by atoms with Gasteiger partial charge in [-0.05, 0) is 50.1 Å². The molecule has 1 fully saturated rings. The molecule has 0 saturated heterocycles. The molecule has 0 spiro atoms. The molecular formula is C20H23N5O. The number of nitrogens with zero attached hydrogens (tertiary/aromatic N) is 2. The highest BCUT2D eigenvalue weighted by molar-refractivity contribution is 5.95. The van der Waals surface area contributed by atoms with E-state index in [1.807, 2.05) is 43.3 Å². The third-order valence-electron chi connectivity index (χ3n) is 5.23. The quantitative estimate of drug-likeness (QED) is 0.674. The minimum atomic E-state index is -0.438. The number of nitrogens with two attached hydrogens (primary N) is 1. The van der Waals surface area contributed by atoms with Gasteiger partial charge in [0.15, 0.2) is 5.82 Å². The third-order valence-corrected chi connectivity index (χ3v) is 5.23. The average Bonchev–Trinajstić information content (AvgIpc) is 3.05. The lowest BCUT2D eigenvalue weighted by Crippen LogP contribution is -2.51. The normalized spacial score (nSPS) is 23.1. The first-order valence-electron chi connectivity index (χ1n) is 9.04. The molecule has 4 rings (SSSR count). The predicted octanol–water partition coefficient (Wildman–Crippen LogP) is 3.47. The van der Waals surface area contributed by atoms with E-state index in [9.17, 15) is 4.79 Å². The Balaban J connectivity index is 1.57. The first-order valence-corrected chi connectivity index (χ1v) is 9.04. The second-order valence-electron chi connectivity index (χ2n) is 7.33. The van der Waals surface area contributed by atoms with Gasteiger partial charge in [-0.1, -0.05) is 18.9 Å². The number of fused-ring (bicyclic) bond motifs is 1. The average molecular weight is 349 g/mol. The largest absolute Gasteiger partial charge is 0.337 e. The molecule has 2 atom stereocenters. The van der Waals surface area contributed by atoms with E-state index in [1.54, 1.807) is 6.20 Å². The number of benzene rings is 1. The molecule has 1 amide bonds. The Hall–Kier alpha value is -2.73. The Morgan fingerprint density at radius 1 is 1.31 bits per heavy atom. The van der Waals surface area contributed by atoms with Crippen LogP contribution in [0.1, 0.15) is 32.6 Å². The maximum Gasteiger partial charge on any atom is 0.229 e. The van der Waals surface area contributed by atoms with Gasteiger partial charge in [0.2, 0.25) is 5.91 Å². The number of nitrogens with one attached hydrogen (secondary N) is 2. The van der Waals surface area contributed by atoms with Gasteiger partial charge in [0.25, 0.3) is 0 Å². The molecule has 0 aliphatic heterocycles. The topological polar surface area (TPSA) is 96.7 Å². The van der Waals surface area contributed by atoms with Crippen LogP contribution in [-0.2, 0) is 4.79 Å². The van der Waals surface area contributed by atoms with Crippen molar-refractivity contribution < 1.29 is 4.79 Å². The molecule has 6 heteroatoms. The lowest BCUT2D eigenvalue weighted by molar-refractivity contribution is -0.122. The number of carbonyl (C=O) groups is 1. The minimum absolute atomic E-state index is 0.00138. The molecule has 26 heavy (non-hydrogen) atoms. The number of pyridine rings is 1. The Labute approximate surface area is 152 Å². The number of amides is 1. The summed E-state index contributed by atoms with van der Waals surface area (Å²) < 4.78 is 0. The zero-order chi connectivity index (χ0) is 18.1. The maximum absolute atomic E-state index is 12.7. The zero-order valence-corrected chi connectivity index (χ0v) is 14.8. The highest BCUT2D eigenvalue weighted by atomic mass is 16.1. The van der Waals surface area contributed by atoms with E-state index in [1.165, 1.54) is 0 Å².